The lowest BCUT2D eigenvalue weighted by Crippen LogP contribution is -2.64. The zero-order chi connectivity index (χ0) is 25.5. The van der Waals surface area contributed by atoms with Crippen molar-refractivity contribution in [3.8, 4) is 17.2 Å². The summed E-state index contributed by atoms with van der Waals surface area (Å²) in [6.07, 6.45) is 2.34. The highest BCUT2D eigenvalue weighted by molar-refractivity contribution is 5.79. The maximum atomic E-state index is 13.0. The van der Waals surface area contributed by atoms with Crippen LogP contribution in [-0.4, -0.2) is 46.9 Å². The number of hydrogen-bond acceptors (Lipinski definition) is 5. The Morgan fingerprint density at radius 1 is 1.03 bits per heavy atom. The summed E-state index contributed by atoms with van der Waals surface area (Å²) in [5, 5.41) is 13.0. The molecule has 7 nitrogen and oxygen atoms in total. The van der Waals surface area contributed by atoms with Gasteiger partial charge in [0.1, 0.15) is 17.7 Å². The van der Waals surface area contributed by atoms with Crippen LogP contribution in [0.25, 0.3) is 11.1 Å². The Labute approximate surface area is 212 Å². The molecule has 3 aliphatic rings. The summed E-state index contributed by atoms with van der Waals surface area (Å²) < 4.78 is 11.4. The predicted molar refractivity (Wildman–Crippen MR) is 135 cm³/mol. The molecular formula is C29H33N3O4. The molecule has 0 saturated carbocycles. The van der Waals surface area contributed by atoms with Gasteiger partial charge in [0.2, 0.25) is 0 Å². The van der Waals surface area contributed by atoms with Crippen LogP contribution in [0.1, 0.15) is 69.9 Å². The maximum Gasteiger partial charge on any atom is 0.410 e. The second-order valence-corrected chi connectivity index (χ2v) is 11.2. The average Bonchev–Trinajstić information content (AvgIpc) is 3.15. The highest BCUT2D eigenvalue weighted by Crippen LogP contribution is 2.45. The first-order valence-electron chi connectivity index (χ1n) is 12.8. The van der Waals surface area contributed by atoms with E-state index in [9.17, 15) is 14.9 Å². The zero-order valence-corrected chi connectivity index (χ0v) is 21.1. The van der Waals surface area contributed by atoms with Crippen molar-refractivity contribution in [1.29, 1.82) is 5.26 Å². The minimum Gasteiger partial charge on any atom is -0.449 e. The number of hydrogen-bond donors (Lipinski definition) is 1. The highest BCUT2D eigenvalue weighted by atomic mass is 16.6. The third-order valence-corrected chi connectivity index (χ3v) is 7.53. The fraction of sp³-hybridized carbons (Fsp3) is 0.483. The van der Waals surface area contributed by atoms with E-state index in [1.807, 2.05) is 45.0 Å². The molecule has 188 valence electrons. The normalized spacial score (nSPS) is 24.8. The molecule has 2 aromatic rings. The topological polar surface area (TPSA) is 91.7 Å². The molecule has 2 aromatic carbocycles. The van der Waals surface area contributed by atoms with E-state index < -0.39 is 17.2 Å². The molecular weight excluding hydrogens is 454 g/mol. The van der Waals surface area contributed by atoms with Crippen LogP contribution < -0.4 is 5.32 Å². The molecule has 2 atom stereocenters. The van der Waals surface area contributed by atoms with Gasteiger partial charge >= 0.3 is 12.2 Å². The Morgan fingerprint density at radius 3 is 2.11 bits per heavy atom. The van der Waals surface area contributed by atoms with E-state index in [4.69, 9.17) is 9.47 Å². The van der Waals surface area contributed by atoms with Crippen molar-refractivity contribution in [2.45, 2.75) is 82.0 Å². The van der Waals surface area contributed by atoms with Gasteiger partial charge in [-0.3, -0.25) is 0 Å². The van der Waals surface area contributed by atoms with Gasteiger partial charge in [0.05, 0.1) is 6.07 Å². The van der Waals surface area contributed by atoms with Gasteiger partial charge < -0.3 is 19.7 Å². The van der Waals surface area contributed by atoms with E-state index >= 15 is 0 Å². The van der Waals surface area contributed by atoms with E-state index in [1.165, 1.54) is 0 Å². The second-order valence-electron chi connectivity index (χ2n) is 11.2. The van der Waals surface area contributed by atoms with Gasteiger partial charge in [-0.1, -0.05) is 48.5 Å². The molecule has 1 N–H and O–H groups in total. The lowest BCUT2D eigenvalue weighted by Gasteiger charge is -2.51. The number of ether oxygens (including phenoxy) is 2. The number of rotatable bonds is 3. The number of fused-ring (bicyclic) bond motifs is 5. The molecule has 2 aliphatic heterocycles. The molecule has 2 fully saturated rings. The molecule has 5 rings (SSSR count). The van der Waals surface area contributed by atoms with Crippen molar-refractivity contribution in [2.24, 2.45) is 0 Å². The number of carbonyl (C=O) groups is 2. The molecule has 2 bridgehead atoms. The Morgan fingerprint density at radius 2 is 1.58 bits per heavy atom. The van der Waals surface area contributed by atoms with Crippen LogP contribution in [0.2, 0.25) is 0 Å². The number of alkyl carbamates (subject to hydrolysis) is 1. The van der Waals surface area contributed by atoms with E-state index in [0.717, 1.165) is 41.5 Å². The van der Waals surface area contributed by atoms with Gasteiger partial charge in [-0.15, -0.1) is 0 Å². The Kier molecular flexibility index (Phi) is 6.15. The predicted octanol–water partition coefficient (Wildman–Crippen LogP) is 5.74. The monoisotopic (exact) mass is 487 g/mol. The minimum absolute atomic E-state index is 0.0467. The molecule has 7 heteroatoms. The molecule has 2 amide bonds. The van der Waals surface area contributed by atoms with E-state index in [0.29, 0.717) is 12.8 Å². The summed E-state index contributed by atoms with van der Waals surface area (Å²) in [6.45, 7) is 5.74. The van der Waals surface area contributed by atoms with Crippen LogP contribution in [0.4, 0.5) is 9.59 Å². The summed E-state index contributed by atoms with van der Waals surface area (Å²) in [5.74, 6) is -0.0467. The summed E-state index contributed by atoms with van der Waals surface area (Å²) >= 11 is 0. The van der Waals surface area contributed by atoms with Crippen LogP contribution in [0, 0.1) is 11.3 Å². The third kappa shape index (κ3) is 4.53. The smallest absolute Gasteiger partial charge is 0.410 e. The van der Waals surface area contributed by atoms with Crippen molar-refractivity contribution in [3.05, 3.63) is 59.7 Å². The largest absolute Gasteiger partial charge is 0.449 e. The Bertz CT molecular complexity index is 1150. The number of nitrogens with zero attached hydrogens (tertiary/aromatic N) is 2. The molecule has 2 unspecified atom stereocenters. The fourth-order valence-corrected chi connectivity index (χ4v) is 6.12. The van der Waals surface area contributed by atoms with Crippen molar-refractivity contribution in [2.75, 3.05) is 6.61 Å². The number of carbonyl (C=O) groups excluding carboxylic acids is 2. The summed E-state index contributed by atoms with van der Waals surface area (Å²) in [4.78, 5) is 27.7. The first kappa shape index (κ1) is 24.2. The first-order valence-corrected chi connectivity index (χ1v) is 12.8. The van der Waals surface area contributed by atoms with Crippen LogP contribution in [0.15, 0.2) is 48.5 Å². The standard InChI is InChI=1S/C29H33N3O4/c1-28(2,3)36-27(34)32-19-9-8-10-20(32)16-29(15-19,18-30)31-26(33)35-17-25-23-13-6-4-11-21(23)22-12-5-7-14-24(22)25/h4-7,11-14,19-20,25H,8-10,15-17H2,1-3H3,(H,31,33). The van der Waals surface area contributed by atoms with E-state index in [1.54, 1.807) is 4.90 Å². The molecule has 0 aromatic heterocycles. The number of piperidine rings is 2. The molecule has 2 heterocycles. The summed E-state index contributed by atoms with van der Waals surface area (Å²) in [7, 11) is 0. The van der Waals surface area contributed by atoms with Gasteiger partial charge in [-0.25, -0.2) is 9.59 Å². The van der Waals surface area contributed by atoms with Crippen LogP contribution in [0.5, 0.6) is 0 Å². The second kappa shape index (κ2) is 9.16. The van der Waals surface area contributed by atoms with Gasteiger partial charge in [-0.05, 0) is 62.3 Å². The molecule has 2 saturated heterocycles. The third-order valence-electron chi connectivity index (χ3n) is 7.53. The zero-order valence-electron chi connectivity index (χ0n) is 21.1. The van der Waals surface area contributed by atoms with Gasteiger partial charge in [0, 0.05) is 30.8 Å². The van der Waals surface area contributed by atoms with Crippen LogP contribution >= 0.6 is 0 Å². The Hall–Kier alpha value is -3.53. The van der Waals surface area contributed by atoms with Crippen molar-refractivity contribution < 1.29 is 19.1 Å². The van der Waals surface area contributed by atoms with E-state index in [2.05, 4.69) is 35.7 Å². The van der Waals surface area contributed by atoms with Crippen molar-refractivity contribution >= 4 is 12.2 Å². The number of nitrogens with one attached hydrogen (secondary N) is 1. The minimum atomic E-state index is -1.07. The van der Waals surface area contributed by atoms with Crippen LogP contribution in [0.3, 0.4) is 0 Å². The first-order chi connectivity index (χ1) is 17.2. The average molecular weight is 488 g/mol. The summed E-state index contributed by atoms with van der Waals surface area (Å²) in [6, 6.07) is 18.4. The van der Waals surface area contributed by atoms with Gasteiger partial charge in [-0.2, -0.15) is 5.26 Å². The number of nitriles is 1. The lowest BCUT2D eigenvalue weighted by molar-refractivity contribution is -0.0300. The fourth-order valence-electron chi connectivity index (χ4n) is 6.12. The van der Waals surface area contributed by atoms with Crippen LogP contribution in [-0.2, 0) is 9.47 Å². The van der Waals surface area contributed by atoms with Crippen molar-refractivity contribution in [1.82, 2.24) is 10.2 Å². The molecule has 0 spiro atoms. The molecule has 36 heavy (non-hydrogen) atoms. The highest BCUT2D eigenvalue weighted by Gasteiger charge is 2.50. The Balaban J connectivity index is 1.27. The van der Waals surface area contributed by atoms with Gasteiger partial charge in [0.15, 0.2) is 0 Å². The van der Waals surface area contributed by atoms with Gasteiger partial charge in [0.25, 0.3) is 0 Å². The molecule has 1 aliphatic carbocycles. The number of benzene rings is 2. The maximum absolute atomic E-state index is 13.0. The van der Waals surface area contributed by atoms with E-state index in [-0.39, 0.29) is 30.7 Å². The SMILES string of the molecule is CC(C)(C)OC(=O)N1C2CCCC1CC(C#N)(NC(=O)OCC1c3ccccc3-c3ccccc31)C2. The quantitative estimate of drug-likeness (QED) is 0.596. The van der Waals surface area contributed by atoms with Crippen molar-refractivity contribution in [3.63, 3.8) is 0 Å². The molecule has 0 radical (unpaired) electrons. The summed E-state index contributed by atoms with van der Waals surface area (Å²) in [5.41, 5.74) is 2.95. The number of amides is 2. The lowest BCUT2D eigenvalue weighted by atomic mass is 9.74.